The molecule has 1 aromatic heterocycles. The summed E-state index contributed by atoms with van der Waals surface area (Å²) in [6, 6.07) is 17.1. The second-order valence-corrected chi connectivity index (χ2v) is 9.43. The van der Waals surface area contributed by atoms with Crippen LogP contribution in [0.15, 0.2) is 48.5 Å². The number of aliphatic hydroxyl groups excluding tert-OH is 1. The van der Waals surface area contributed by atoms with Crippen molar-refractivity contribution in [2.75, 3.05) is 18.0 Å². The number of aromatic hydroxyl groups is 1. The monoisotopic (exact) mass is 474 g/mol. The van der Waals surface area contributed by atoms with Crippen LogP contribution in [0.25, 0.3) is 11.1 Å². The zero-order chi connectivity index (χ0) is 24.9. The van der Waals surface area contributed by atoms with Crippen molar-refractivity contribution in [3.63, 3.8) is 0 Å². The van der Waals surface area contributed by atoms with Crippen molar-refractivity contribution in [1.29, 1.82) is 0 Å². The quantitative estimate of drug-likeness (QED) is 0.454. The molecule has 7 nitrogen and oxygen atoms in total. The van der Waals surface area contributed by atoms with Crippen molar-refractivity contribution in [2.45, 2.75) is 52.1 Å². The summed E-state index contributed by atoms with van der Waals surface area (Å²) in [6.45, 7) is 5.54. The van der Waals surface area contributed by atoms with Crippen LogP contribution in [-0.4, -0.2) is 45.3 Å². The van der Waals surface area contributed by atoms with Crippen LogP contribution in [0.3, 0.4) is 0 Å². The molecule has 4 rings (SSSR count). The molecule has 0 saturated carbocycles. The van der Waals surface area contributed by atoms with E-state index >= 15 is 0 Å². The number of hydrogen-bond acceptors (Lipinski definition) is 6. The summed E-state index contributed by atoms with van der Waals surface area (Å²) in [4.78, 5) is 22.5. The van der Waals surface area contributed by atoms with E-state index in [4.69, 9.17) is 5.73 Å². The van der Waals surface area contributed by atoms with Crippen LogP contribution in [0.2, 0.25) is 0 Å². The summed E-state index contributed by atoms with van der Waals surface area (Å²) < 4.78 is 0. The Hall–Kier alpha value is -3.45. The van der Waals surface area contributed by atoms with Crippen molar-refractivity contribution >= 4 is 11.6 Å². The molecule has 3 aromatic rings. The number of primary amides is 1. The zero-order valence-corrected chi connectivity index (χ0v) is 20.4. The lowest BCUT2D eigenvalue weighted by Gasteiger charge is -2.33. The molecular formula is C28H34N4O3. The third kappa shape index (κ3) is 5.98. The molecule has 1 aliphatic heterocycles. The largest absolute Gasteiger partial charge is 0.504 e. The fraction of sp³-hybridized carbons (Fsp3) is 0.393. The number of benzene rings is 2. The van der Waals surface area contributed by atoms with E-state index in [9.17, 15) is 15.0 Å². The normalized spacial score (nSPS) is 15.2. The van der Waals surface area contributed by atoms with Gasteiger partial charge in [0.15, 0.2) is 11.4 Å². The van der Waals surface area contributed by atoms with Crippen molar-refractivity contribution in [2.24, 2.45) is 11.7 Å². The molecule has 2 heterocycles. The van der Waals surface area contributed by atoms with Gasteiger partial charge in [-0.05, 0) is 67.3 Å². The van der Waals surface area contributed by atoms with Crippen LogP contribution in [0.4, 0.5) is 5.69 Å². The summed E-state index contributed by atoms with van der Waals surface area (Å²) in [5, 5.41) is 19.8. The van der Waals surface area contributed by atoms with Gasteiger partial charge in [-0.15, -0.1) is 0 Å². The number of aliphatic hydroxyl groups is 1. The lowest BCUT2D eigenvalue weighted by Crippen LogP contribution is -2.34. The van der Waals surface area contributed by atoms with Crippen LogP contribution < -0.4 is 10.6 Å². The molecule has 1 fully saturated rings. The molecule has 184 valence electrons. The minimum absolute atomic E-state index is 0.0989. The molecular weight excluding hydrogens is 440 g/mol. The van der Waals surface area contributed by atoms with Crippen LogP contribution in [0, 0.1) is 12.8 Å². The van der Waals surface area contributed by atoms with Crippen molar-refractivity contribution in [3.8, 4) is 16.9 Å². The summed E-state index contributed by atoms with van der Waals surface area (Å²) in [5.74, 6) is 0.0107. The van der Waals surface area contributed by atoms with Crippen LogP contribution >= 0.6 is 0 Å². The average Bonchev–Trinajstić information content (AvgIpc) is 2.87. The van der Waals surface area contributed by atoms with E-state index < -0.39 is 5.91 Å². The number of nitrogens with zero attached hydrogens (tertiary/aromatic N) is 3. The van der Waals surface area contributed by atoms with Crippen LogP contribution in [-0.2, 0) is 12.8 Å². The Balaban J connectivity index is 1.34. The van der Waals surface area contributed by atoms with Gasteiger partial charge in [-0.1, -0.05) is 43.3 Å². The lowest BCUT2D eigenvalue weighted by molar-refractivity contribution is 0.0991. The Morgan fingerprint density at radius 2 is 1.66 bits per heavy atom. The first-order valence-electron chi connectivity index (χ1n) is 12.3. The first kappa shape index (κ1) is 24.7. The van der Waals surface area contributed by atoms with E-state index in [2.05, 4.69) is 63.4 Å². The van der Waals surface area contributed by atoms with E-state index in [1.807, 2.05) is 6.92 Å². The fourth-order valence-electron chi connectivity index (χ4n) is 4.66. The van der Waals surface area contributed by atoms with Gasteiger partial charge in [0.25, 0.3) is 5.91 Å². The third-order valence-electron chi connectivity index (χ3n) is 6.89. The molecule has 1 amide bonds. The summed E-state index contributed by atoms with van der Waals surface area (Å²) in [6.07, 6.45) is 3.84. The van der Waals surface area contributed by atoms with Crippen LogP contribution in [0.1, 0.15) is 53.8 Å². The zero-order valence-electron chi connectivity index (χ0n) is 20.4. The molecule has 4 N–H and O–H groups in total. The molecule has 1 unspecified atom stereocenters. The first-order valence-corrected chi connectivity index (χ1v) is 12.3. The predicted molar refractivity (Wildman–Crippen MR) is 137 cm³/mol. The number of carbonyl (C=O) groups excluding carboxylic acids is 1. The number of amides is 1. The second-order valence-electron chi connectivity index (χ2n) is 9.43. The van der Waals surface area contributed by atoms with E-state index in [0.29, 0.717) is 30.3 Å². The van der Waals surface area contributed by atoms with E-state index in [1.165, 1.54) is 16.8 Å². The number of hydrogen-bond donors (Lipinski definition) is 3. The van der Waals surface area contributed by atoms with Gasteiger partial charge in [0.05, 0.1) is 11.8 Å². The number of piperidine rings is 1. The molecule has 2 aromatic carbocycles. The highest BCUT2D eigenvalue weighted by molar-refractivity contribution is 5.93. The second kappa shape index (κ2) is 10.9. The minimum Gasteiger partial charge on any atom is -0.504 e. The maximum atomic E-state index is 11.6. The average molecular weight is 475 g/mol. The van der Waals surface area contributed by atoms with Gasteiger partial charge >= 0.3 is 0 Å². The number of anilines is 1. The van der Waals surface area contributed by atoms with Gasteiger partial charge in [0.2, 0.25) is 0 Å². The van der Waals surface area contributed by atoms with Gasteiger partial charge in [-0.2, -0.15) is 0 Å². The Labute approximate surface area is 206 Å². The number of nitrogens with two attached hydrogens (primary N) is 1. The molecule has 0 spiro atoms. The number of rotatable bonds is 8. The smallest absolute Gasteiger partial charge is 0.271 e. The Morgan fingerprint density at radius 1 is 1.06 bits per heavy atom. The van der Waals surface area contributed by atoms with E-state index in [1.54, 1.807) is 6.92 Å². The molecule has 0 aliphatic carbocycles. The Morgan fingerprint density at radius 3 is 2.23 bits per heavy atom. The van der Waals surface area contributed by atoms with Crippen molar-refractivity contribution in [1.82, 2.24) is 9.97 Å². The fourth-order valence-corrected chi connectivity index (χ4v) is 4.66. The highest BCUT2D eigenvalue weighted by atomic mass is 16.3. The van der Waals surface area contributed by atoms with Gasteiger partial charge in [-0.3, -0.25) is 4.79 Å². The lowest BCUT2D eigenvalue weighted by atomic mass is 9.92. The standard InChI is InChI=1S/C28H34N4O3/c1-3-24(33)16-19-4-6-21(7-5-19)22-8-10-23(11-9-22)32-14-12-20(13-15-32)17-25-30-18(2)27(34)26(31-25)28(29)35/h4-11,20,24,33-34H,3,12-17H2,1-2H3,(H2,29,35). The summed E-state index contributed by atoms with van der Waals surface area (Å²) in [5.41, 5.74) is 10.3. The first-order chi connectivity index (χ1) is 16.8. The van der Waals surface area contributed by atoms with E-state index in [0.717, 1.165) is 37.9 Å². The number of carbonyl (C=O) groups is 1. The molecule has 7 heteroatoms. The van der Waals surface area contributed by atoms with Gasteiger partial charge in [-0.25, -0.2) is 9.97 Å². The maximum Gasteiger partial charge on any atom is 0.271 e. The molecule has 1 aliphatic rings. The maximum absolute atomic E-state index is 11.6. The van der Waals surface area contributed by atoms with E-state index in [-0.39, 0.29) is 17.5 Å². The Bertz CT molecular complexity index is 1150. The Kier molecular flexibility index (Phi) is 7.66. The summed E-state index contributed by atoms with van der Waals surface area (Å²) in [7, 11) is 0. The highest BCUT2D eigenvalue weighted by Gasteiger charge is 2.23. The molecule has 35 heavy (non-hydrogen) atoms. The van der Waals surface area contributed by atoms with Crippen molar-refractivity contribution in [3.05, 3.63) is 71.3 Å². The van der Waals surface area contributed by atoms with Gasteiger partial charge < -0.3 is 20.8 Å². The molecule has 0 bridgehead atoms. The van der Waals surface area contributed by atoms with Gasteiger partial charge in [0.1, 0.15) is 5.82 Å². The van der Waals surface area contributed by atoms with Crippen molar-refractivity contribution < 1.29 is 15.0 Å². The number of aromatic nitrogens is 2. The molecule has 0 radical (unpaired) electrons. The van der Waals surface area contributed by atoms with Gasteiger partial charge in [0, 0.05) is 25.2 Å². The highest BCUT2D eigenvalue weighted by Crippen LogP contribution is 2.29. The number of aryl methyl sites for hydroxylation is 1. The van der Waals surface area contributed by atoms with Crippen LogP contribution in [0.5, 0.6) is 5.75 Å². The molecule has 1 atom stereocenters. The minimum atomic E-state index is -0.737. The summed E-state index contributed by atoms with van der Waals surface area (Å²) >= 11 is 0. The third-order valence-corrected chi connectivity index (χ3v) is 6.89. The predicted octanol–water partition coefficient (Wildman–Crippen LogP) is 4.03. The topological polar surface area (TPSA) is 113 Å². The molecule has 1 saturated heterocycles. The SMILES string of the molecule is CCC(O)Cc1ccc(-c2ccc(N3CCC(Cc4nc(C)c(O)c(C(N)=O)n4)CC3)cc2)cc1.